The van der Waals surface area contributed by atoms with Gasteiger partial charge in [0.15, 0.2) is 17.4 Å². The molecule has 0 amide bonds. The van der Waals surface area contributed by atoms with E-state index < -0.39 is 41.5 Å². The van der Waals surface area contributed by atoms with Crippen LogP contribution < -0.4 is 4.74 Å². The lowest BCUT2D eigenvalue weighted by Crippen LogP contribution is -2.37. The van der Waals surface area contributed by atoms with Gasteiger partial charge in [-0.1, -0.05) is 25.8 Å². The topological polar surface area (TPSA) is 9.23 Å². The smallest absolute Gasteiger partial charge is 0.429 e. The molecule has 0 unspecified atom stereocenters. The zero-order valence-corrected chi connectivity index (χ0v) is 17.3. The van der Waals surface area contributed by atoms with Crippen LogP contribution in [0.2, 0.25) is 0 Å². The van der Waals surface area contributed by atoms with Gasteiger partial charge < -0.3 is 4.74 Å². The molecule has 2 saturated carbocycles. The van der Waals surface area contributed by atoms with Crippen LogP contribution >= 0.6 is 0 Å². The summed E-state index contributed by atoms with van der Waals surface area (Å²) < 4.78 is 98.3. The molecule has 174 valence electrons. The maximum Gasteiger partial charge on any atom is 0.442 e. The zero-order valence-electron chi connectivity index (χ0n) is 17.3. The van der Waals surface area contributed by atoms with Crippen LogP contribution in [0.1, 0.15) is 69.8 Å². The Morgan fingerprint density at radius 3 is 2.10 bits per heavy atom. The summed E-state index contributed by atoms with van der Waals surface area (Å²) in [4.78, 5) is 0. The number of alkyl halides is 5. The van der Waals surface area contributed by atoms with E-state index in [0.29, 0.717) is 12.0 Å². The van der Waals surface area contributed by atoms with Gasteiger partial charge in [-0.3, -0.25) is 0 Å². The van der Waals surface area contributed by atoms with Gasteiger partial charge in [-0.05, 0) is 80.1 Å². The highest BCUT2D eigenvalue weighted by molar-refractivity contribution is 5.32. The predicted molar refractivity (Wildman–Crippen MR) is 103 cm³/mol. The summed E-state index contributed by atoms with van der Waals surface area (Å²) in [6.07, 6.45) is -4.63. The monoisotopic (exact) mass is 452 g/mol. The molecular formula is C23H27F7O. The first-order valence-electron chi connectivity index (χ1n) is 10.8. The molecule has 8 heteroatoms. The molecule has 1 aromatic carbocycles. The van der Waals surface area contributed by atoms with Crippen LogP contribution in [0.25, 0.3) is 0 Å². The largest absolute Gasteiger partial charge is 0.442 e. The van der Waals surface area contributed by atoms with E-state index in [2.05, 4.69) is 6.92 Å². The second-order valence-electron chi connectivity index (χ2n) is 8.93. The molecule has 0 atom stereocenters. The molecule has 1 nitrogen and oxygen atoms in total. The van der Waals surface area contributed by atoms with Gasteiger partial charge in [-0.2, -0.15) is 22.0 Å². The normalized spacial score (nSPS) is 28.5. The zero-order chi connectivity index (χ0) is 22.8. The van der Waals surface area contributed by atoms with Crippen molar-refractivity contribution in [3.05, 3.63) is 41.5 Å². The Balaban J connectivity index is 1.59. The lowest BCUT2D eigenvalue weighted by atomic mass is 9.79. The minimum Gasteiger partial charge on any atom is -0.429 e. The quantitative estimate of drug-likeness (QED) is 0.408. The molecule has 31 heavy (non-hydrogen) atoms. The van der Waals surface area contributed by atoms with E-state index >= 15 is 0 Å². The summed E-state index contributed by atoms with van der Waals surface area (Å²) in [6.45, 7) is 2.17. The highest BCUT2D eigenvalue weighted by Gasteiger charge is 2.45. The fraction of sp³-hybridized carbons (Fsp3) is 0.652. The van der Waals surface area contributed by atoms with Crippen molar-refractivity contribution in [3.63, 3.8) is 0 Å². The van der Waals surface area contributed by atoms with Crippen LogP contribution in [0.15, 0.2) is 30.1 Å². The summed E-state index contributed by atoms with van der Waals surface area (Å²) >= 11 is 0. The molecule has 0 aromatic heterocycles. The Morgan fingerprint density at radius 2 is 1.55 bits per heavy atom. The number of hydrogen-bond donors (Lipinski definition) is 0. The first kappa shape index (κ1) is 23.9. The molecule has 0 bridgehead atoms. The van der Waals surface area contributed by atoms with Crippen molar-refractivity contribution >= 4 is 0 Å². The molecule has 1 aromatic rings. The SMILES string of the molecule is CC1CCC(c2ccc(OC(F)(F)C3CCC(C=C(F)C(F)(F)F)CC3)c(F)c2)CC1. The van der Waals surface area contributed by atoms with Gasteiger partial charge in [0.2, 0.25) is 0 Å². The van der Waals surface area contributed by atoms with E-state index in [1.807, 2.05) is 0 Å². The number of benzene rings is 1. The lowest BCUT2D eigenvalue weighted by Gasteiger charge is -2.32. The molecule has 2 aliphatic carbocycles. The van der Waals surface area contributed by atoms with Crippen molar-refractivity contribution in [2.45, 2.75) is 76.5 Å². The third-order valence-electron chi connectivity index (χ3n) is 6.59. The molecule has 3 rings (SSSR count). The summed E-state index contributed by atoms with van der Waals surface area (Å²) in [7, 11) is 0. The molecule has 0 aliphatic heterocycles. The van der Waals surface area contributed by atoms with Crippen LogP contribution in [0, 0.1) is 23.6 Å². The van der Waals surface area contributed by atoms with Crippen molar-refractivity contribution in [2.75, 3.05) is 0 Å². The molecule has 2 aliphatic rings. The summed E-state index contributed by atoms with van der Waals surface area (Å²) in [5.74, 6) is -4.78. The Morgan fingerprint density at radius 1 is 0.935 bits per heavy atom. The summed E-state index contributed by atoms with van der Waals surface area (Å²) in [6, 6.07) is 4.11. The molecule has 0 radical (unpaired) electrons. The molecule has 0 heterocycles. The highest BCUT2D eigenvalue weighted by Crippen LogP contribution is 2.43. The van der Waals surface area contributed by atoms with Gasteiger partial charge in [0.25, 0.3) is 0 Å². The Bertz CT molecular complexity index is 771. The van der Waals surface area contributed by atoms with E-state index in [1.54, 1.807) is 6.07 Å². The standard InChI is InChI=1S/C23H27F7O/c1-14-2-6-16(7-3-14)17-8-11-20(19(24)13-17)31-23(29,30)18-9-4-15(5-10-18)12-21(25)22(26,27)28/h8,11-16,18H,2-7,9-10H2,1H3. The molecule has 0 N–H and O–H groups in total. The van der Waals surface area contributed by atoms with Crippen LogP contribution in [0.5, 0.6) is 5.75 Å². The van der Waals surface area contributed by atoms with E-state index in [4.69, 9.17) is 4.74 Å². The summed E-state index contributed by atoms with van der Waals surface area (Å²) in [5.41, 5.74) is 0.777. The van der Waals surface area contributed by atoms with Gasteiger partial charge in [-0.15, -0.1) is 0 Å². The van der Waals surface area contributed by atoms with Crippen LogP contribution in [0.4, 0.5) is 30.7 Å². The second kappa shape index (κ2) is 9.41. The highest BCUT2D eigenvalue weighted by atomic mass is 19.4. The fourth-order valence-corrected chi connectivity index (χ4v) is 4.60. The van der Waals surface area contributed by atoms with Crippen LogP contribution in [-0.4, -0.2) is 12.3 Å². The number of allylic oxidation sites excluding steroid dienone is 2. The molecule has 0 spiro atoms. The van der Waals surface area contributed by atoms with Crippen molar-refractivity contribution < 1.29 is 35.5 Å². The van der Waals surface area contributed by atoms with Crippen molar-refractivity contribution in [3.8, 4) is 5.75 Å². The average Bonchev–Trinajstić information content (AvgIpc) is 2.70. The van der Waals surface area contributed by atoms with E-state index in [0.717, 1.165) is 31.2 Å². The molecular weight excluding hydrogens is 425 g/mol. The first-order valence-corrected chi connectivity index (χ1v) is 10.8. The number of ether oxygens (including phenoxy) is 1. The van der Waals surface area contributed by atoms with Crippen molar-refractivity contribution in [1.29, 1.82) is 0 Å². The second-order valence-corrected chi connectivity index (χ2v) is 8.93. The predicted octanol–water partition coefficient (Wildman–Crippen LogP) is 8.31. The number of halogens is 7. The maximum absolute atomic E-state index is 14.6. The Kier molecular flexibility index (Phi) is 7.26. The van der Waals surface area contributed by atoms with Crippen molar-refractivity contribution in [2.24, 2.45) is 17.8 Å². The van der Waals surface area contributed by atoms with Crippen molar-refractivity contribution in [1.82, 2.24) is 0 Å². The Hall–Kier alpha value is -1.73. The third kappa shape index (κ3) is 6.16. The minimum absolute atomic E-state index is 0.0192. The van der Waals surface area contributed by atoms with Gasteiger partial charge >= 0.3 is 12.3 Å². The maximum atomic E-state index is 14.6. The van der Waals surface area contributed by atoms with E-state index in [9.17, 15) is 30.7 Å². The third-order valence-corrected chi connectivity index (χ3v) is 6.59. The number of rotatable bonds is 5. The van der Waals surface area contributed by atoms with E-state index in [1.165, 1.54) is 12.1 Å². The van der Waals surface area contributed by atoms with Gasteiger partial charge in [0.1, 0.15) is 0 Å². The first-order chi connectivity index (χ1) is 14.5. The minimum atomic E-state index is -5.07. The van der Waals surface area contributed by atoms with Gasteiger partial charge in [0.05, 0.1) is 5.92 Å². The van der Waals surface area contributed by atoms with E-state index in [-0.39, 0.29) is 31.6 Å². The fourth-order valence-electron chi connectivity index (χ4n) is 4.60. The van der Waals surface area contributed by atoms with Gasteiger partial charge in [0, 0.05) is 0 Å². The Labute approximate surface area is 177 Å². The lowest BCUT2D eigenvalue weighted by molar-refractivity contribution is -0.224. The molecule has 2 fully saturated rings. The summed E-state index contributed by atoms with van der Waals surface area (Å²) in [5, 5.41) is 0. The average molecular weight is 452 g/mol. The number of hydrogen-bond acceptors (Lipinski definition) is 1. The van der Waals surface area contributed by atoms with Crippen LogP contribution in [0.3, 0.4) is 0 Å². The van der Waals surface area contributed by atoms with Crippen LogP contribution in [-0.2, 0) is 0 Å². The molecule has 0 saturated heterocycles. The van der Waals surface area contributed by atoms with Gasteiger partial charge in [-0.25, -0.2) is 8.78 Å².